The van der Waals surface area contributed by atoms with Crippen molar-refractivity contribution in [3.05, 3.63) is 57.1 Å². The Balaban J connectivity index is 2.05. The zero-order chi connectivity index (χ0) is 22.9. The molecule has 1 N–H and O–H groups in total. The number of carboxylic acid groups (broad SMARTS) is 1. The number of carbonyl (C=O) groups is 1. The van der Waals surface area contributed by atoms with Gasteiger partial charge in [0.05, 0.1) is 4.92 Å². The van der Waals surface area contributed by atoms with Gasteiger partial charge in [-0.05, 0) is 50.1 Å². The third-order valence-electron chi connectivity index (χ3n) is 5.01. The molecule has 1 amide bonds. The summed E-state index contributed by atoms with van der Waals surface area (Å²) >= 11 is 0. The highest BCUT2D eigenvalue weighted by Gasteiger charge is 2.34. The van der Waals surface area contributed by atoms with E-state index >= 15 is 0 Å². The minimum absolute atomic E-state index is 0.00971. The van der Waals surface area contributed by atoms with Crippen LogP contribution in [0.5, 0.6) is 11.5 Å². The fourth-order valence-electron chi connectivity index (χ4n) is 3.51. The molecule has 3 rings (SSSR count). The van der Waals surface area contributed by atoms with Crippen LogP contribution in [0.4, 0.5) is 10.5 Å². The summed E-state index contributed by atoms with van der Waals surface area (Å²) in [5, 5.41) is 20.5. The Hall–Kier alpha value is -3.18. The molecule has 166 valence electrons. The van der Waals surface area contributed by atoms with Gasteiger partial charge in [-0.15, -0.1) is 0 Å². The molecule has 1 aliphatic heterocycles. The highest BCUT2D eigenvalue weighted by Crippen LogP contribution is 2.36. The van der Waals surface area contributed by atoms with E-state index in [1.54, 1.807) is 12.1 Å². The number of ether oxygens (including phenoxy) is 1. The van der Waals surface area contributed by atoms with Crippen LogP contribution in [-0.2, 0) is 10.0 Å². The van der Waals surface area contributed by atoms with Crippen LogP contribution in [0, 0.1) is 30.9 Å². The molecule has 0 spiro atoms. The summed E-state index contributed by atoms with van der Waals surface area (Å²) in [4.78, 5) is 22.7. The van der Waals surface area contributed by atoms with Crippen LogP contribution in [0.2, 0.25) is 0 Å². The number of sulfonamides is 1. The third-order valence-corrected chi connectivity index (χ3v) is 6.93. The predicted molar refractivity (Wildman–Crippen MR) is 112 cm³/mol. The number of aryl methyl sites for hydroxylation is 3. The fourth-order valence-corrected chi connectivity index (χ4v) is 5.04. The molecule has 1 saturated heterocycles. The van der Waals surface area contributed by atoms with Crippen LogP contribution < -0.4 is 4.74 Å². The van der Waals surface area contributed by atoms with Crippen molar-refractivity contribution in [2.24, 2.45) is 0 Å². The van der Waals surface area contributed by atoms with Crippen LogP contribution in [-0.4, -0.2) is 59.9 Å². The SMILES string of the molecule is Cc1cc(C)cc(Oc2cc(C)c([N+](=O)[O-])cc2S(=O)(=O)N2CCN(C(=O)O)CC2)c1. The molecule has 2 aromatic rings. The zero-order valence-electron chi connectivity index (χ0n) is 17.4. The lowest BCUT2D eigenvalue weighted by molar-refractivity contribution is -0.385. The average molecular weight is 449 g/mol. The predicted octanol–water partition coefficient (Wildman–Crippen LogP) is 3.30. The molecule has 1 fully saturated rings. The molecule has 0 aliphatic carbocycles. The van der Waals surface area contributed by atoms with Crippen molar-refractivity contribution in [2.45, 2.75) is 25.7 Å². The molecule has 1 heterocycles. The van der Waals surface area contributed by atoms with Gasteiger partial charge in [-0.2, -0.15) is 4.31 Å². The van der Waals surface area contributed by atoms with Gasteiger partial charge in [0.2, 0.25) is 10.0 Å². The molecule has 1 aliphatic rings. The van der Waals surface area contributed by atoms with E-state index in [0.29, 0.717) is 5.75 Å². The maximum absolute atomic E-state index is 13.4. The fraction of sp³-hybridized carbons (Fsp3) is 0.350. The molecular formula is C20H23N3O7S. The minimum atomic E-state index is -4.17. The van der Waals surface area contributed by atoms with Crippen molar-refractivity contribution < 1.29 is 28.0 Å². The number of rotatable bonds is 5. The maximum atomic E-state index is 13.4. The van der Waals surface area contributed by atoms with Gasteiger partial charge in [0.1, 0.15) is 16.4 Å². The lowest BCUT2D eigenvalue weighted by atomic mass is 10.1. The van der Waals surface area contributed by atoms with Gasteiger partial charge in [-0.1, -0.05) is 6.07 Å². The first-order chi connectivity index (χ1) is 14.5. The molecule has 0 atom stereocenters. The van der Waals surface area contributed by atoms with E-state index in [2.05, 4.69) is 0 Å². The monoisotopic (exact) mass is 449 g/mol. The minimum Gasteiger partial charge on any atom is -0.465 e. The maximum Gasteiger partial charge on any atom is 0.407 e. The Labute approximate surface area is 179 Å². The van der Waals surface area contributed by atoms with Gasteiger partial charge < -0.3 is 14.7 Å². The quantitative estimate of drug-likeness (QED) is 0.547. The smallest absolute Gasteiger partial charge is 0.407 e. The molecule has 0 radical (unpaired) electrons. The van der Waals surface area contributed by atoms with Gasteiger partial charge in [-0.25, -0.2) is 13.2 Å². The molecule has 0 bridgehead atoms. The number of nitro groups is 1. The largest absolute Gasteiger partial charge is 0.465 e. The van der Waals surface area contributed by atoms with Crippen LogP contribution in [0.25, 0.3) is 0 Å². The molecule has 2 aromatic carbocycles. The summed E-state index contributed by atoms with van der Waals surface area (Å²) in [6.07, 6.45) is -1.12. The summed E-state index contributed by atoms with van der Waals surface area (Å²) in [5.41, 5.74) is 1.76. The van der Waals surface area contributed by atoms with Gasteiger partial charge in [0.15, 0.2) is 0 Å². The molecule has 0 aromatic heterocycles. The van der Waals surface area contributed by atoms with Crippen molar-refractivity contribution in [2.75, 3.05) is 26.2 Å². The number of nitrogens with zero attached hydrogens (tertiary/aromatic N) is 3. The van der Waals surface area contributed by atoms with Gasteiger partial charge in [0, 0.05) is 37.8 Å². The van der Waals surface area contributed by atoms with Crippen molar-refractivity contribution in [1.29, 1.82) is 0 Å². The summed E-state index contributed by atoms with van der Waals surface area (Å²) < 4.78 is 33.7. The number of piperazine rings is 1. The Morgan fingerprint density at radius 3 is 2.13 bits per heavy atom. The molecule has 0 saturated carbocycles. The number of benzene rings is 2. The van der Waals surface area contributed by atoms with Gasteiger partial charge in [0.25, 0.3) is 5.69 Å². The van der Waals surface area contributed by atoms with E-state index in [9.17, 15) is 23.3 Å². The lowest BCUT2D eigenvalue weighted by Crippen LogP contribution is -2.50. The topological polar surface area (TPSA) is 130 Å². The highest BCUT2D eigenvalue weighted by molar-refractivity contribution is 7.89. The van der Waals surface area contributed by atoms with E-state index in [1.165, 1.54) is 13.0 Å². The third kappa shape index (κ3) is 4.78. The second kappa shape index (κ2) is 8.52. The summed E-state index contributed by atoms with van der Waals surface area (Å²) in [7, 11) is -4.17. The van der Waals surface area contributed by atoms with E-state index in [1.807, 2.05) is 19.9 Å². The molecule has 0 unspecified atom stereocenters. The molecule has 10 nitrogen and oxygen atoms in total. The summed E-state index contributed by atoms with van der Waals surface area (Å²) in [6.45, 7) is 5.17. The van der Waals surface area contributed by atoms with E-state index in [-0.39, 0.29) is 48.1 Å². The lowest BCUT2D eigenvalue weighted by Gasteiger charge is -2.32. The first-order valence-electron chi connectivity index (χ1n) is 9.52. The first kappa shape index (κ1) is 22.5. The van der Waals surface area contributed by atoms with Crippen molar-refractivity contribution >= 4 is 21.8 Å². The van der Waals surface area contributed by atoms with E-state index in [0.717, 1.165) is 26.4 Å². The zero-order valence-corrected chi connectivity index (χ0v) is 18.2. The van der Waals surface area contributed by atoms with Crippen molar-refractivity contribution in [3.8, 4) is 11.5 Å². The highest BCUT2D eigenvalue weighted by atomic mass is 32.2. The average Bonchev–Trinajstić information content (AvgIpc) is 2.66. The van der Waals surface area contributed by atoms with E-state index < -0.39 is 21.0 Å². The summed E-state index contributed by atoms with van der Waals surface area (Å²) in [6, 6.07) is 7.77. The van der Waals surface area contributed by atoms with Gasteiger partial charge >= 0.3 is 6.09 Å². The van der Waals surface area contributed by atoms with E-state index in [4.69, 9.17) is 9.84 Å². The van der Waals surface area contributed by atoms with Crippen LogP contribution in [0.15, 0.2) is 35.2 Å². The Kier molecular flexibility index (Phi) is 6.18. The number of hydrogen-bond donors (Lipinski definition) is 1. The van der Waals surface area contributed by atoms with Crippen LogP contribution in [0.1, 0.15) is 16.7 Å². The second-order valence-corrected chi connectivity index (χ2v) is 9.35. The first-order valence-corrected chi connectivity index (χ1v) is 11.0. The molecule has 31 heavy (non-hydrogen) atoms. The number of amides is 1. The van der Waals surface area contributed by atoms with Crippen LogP contribution >= 0.6 is 0 Å². The van der Waals surface area contributed by atoms with Gasteiger partial charge in [-0.3, -0.25) is 10.1 Å². The number of nitro benzene ring substituents is 1. The van der Waals surface area contributed by atoms with Crippen molar-refractivity contribution in [3.63, 3.8) is 0 Å². The second-order valence-electron chi connectivity index (χ2n) is 7.44. The standard InChI is InChI=1S/C20H23N3O7S/c1-13-8-14(2)10-16(9-13)30-18-11-15(3)17(23(26)27)12-19(18)31(28,29)22-6-4-21(5-7-22)20(24)25/h8-12H,4-7H2,1-3H3,(H,24,25). The Morgan fingerprint density at radius 2 is 1.61 bits per heavy atom. The Bertz CT molecular complexity index is 1120. The van der Waals surface area contributed by atoms with Crippen molar-refractivity contribution in [1.82, 2.24) is 9.21 Å². The normalized spacial score (nSPS) is 15.0. The van der Waals surface area contributed by atoms with Crippen LogP contribution in [0.3, 0.4) is 0 Å². The molecular weight excluding hydrogens is 426 g/mol. The number of hydrogen-bond acceptors (Lipinski definition) is 6. The Morgan fingerprint density at radius 1 is 1.03 bits per heavy atom. The molecule has 11 heteroatoms. The summed E-state index contributed by atoms with van der Waals surface area (Å²) in [5.74, 6) is 0.395.